The molecule has 0 unspecified atom stereocenters. The van der Waals surface area contributed by atoms with Gasteiger partial charge in [-0.1, -0.05) is 13.8 Å². The van der Waals surface area contributed by atoms with E-state index in [1.165, 1.54) is 27.2 Å². The van der Waals surface area contributed by atoms with Crippen LogP contribution in [-0.4, -0.2) is 58.8 Å². The van der Waals surface area contributed by atoms with Crippen molar-refractivity contribution in [3.63, 3.8) is 0 Å². The lowest BCUT2D eigenvalue weighted by atomic mass is 10.0. The number of hydrogen-bond acceptors (Lipinski definition) is 4. The fourth-order valence-electron chi connectivity index (χ4n) is 3.75. The van der Waals surface area contributed by atoms with Gasteiger partial charge in [0.15, 0.2) is 0 Å². The van der Waals surface area contributed by atoms with Gasteiger partial charge in [0.1, 0.15) is 6.54 Å². The molecule has 1 fully saturated rings. The zero-order valence-corrected chi connectivity index (χ0v) is 17.7. The molecule has 0 radical (unpaired) electrons. The predicted octanol–water partition coefficient (Wildman–Crippen LogP) is 1.54. The number of carbonyl (C=O) groups excluding carboxylic acids is 1. The van der Waals surface area contributed by atoms with Crippen molar-refractivity contribution in [2.45, 2.75) is 44.2 Å². The molecule has 0 aliphatic carbocycles. The van der Waals surface area contributed by atoms with Crippen molar-refractivity contribution >= 4 is 15.9 Å². The van der Waals surface area contributed by atoms with Crippen LogP contribution in [0.1, 0.15) is 32.7 Å². The Morgan fingerprint density at radius 2 is 1.72 bits per heavy atom. The molecule has 1 amide bonds. The van der Waals surface area contributed by atoms with Crippen molar-refractivity contribution < 1.29 is 13.2 Å². The van der Waals surface area contributed by atoms with E-state index in [-0.39, 0.29) is 22.9 Å². The van der Waals surface area contributed by atoms with Crippen LogP contribution in [0, 0.1) is 0 Å². The summed E-state index contributed by atoms with van der Waals surface area (Å²) in [5.74, 6) is -0.171. The number of pyridine rings is 1. The molecule has 0 atom stereocenters. The van der Waals surface area contributed by atoms with Crippen molar-refractivity contribution in [3.8, 4) is 0 Å². The molecule has 8 nitrogen and oxygen atoms in total. The Morgan fingerprint density at radius 3 is 2.31 bits per heavy atom. The standard InChI is InChI=1S/C20H28N4O4S/c1-3-24(4-2)29(27,28)18-7-8-19(25)23(15-18)16-20(26)22-13-9-17(10-14-22)21-11-5-6-12-21/h5-8,11-12,15,17H,3-4,9-10,13-14,16H2,1-2H3. The fraction of sp³-hybridized carbons (Fsp3) is 0.500. The van der Waals surface area contributed by atoms with Crippen LogP contribution in [0.15, 0.2) is 52.5 Å². The second-order valence-electron chi connectivity index (χ2n) is 7.16. The highest BCUT2D eigenvalue weighted by Gasteiger charge is 2.25. The van der Waals surface area contributed by atoms with Crippen LogP contribution >= 0.6 is 0 Å². The van der Waals surface area contributed by atoms with Crippen molar-refractivity contribution in [1.82, 2.24) is 18.3 Å². The number of likely N-dealkylation sites (tertiary alicyclic amines) is 1. The molecule has 29 heavy (non-hydrogen) atoms. The summed E-state index contributed by atoms with van der Waals surface area (Å²) in [6, 6.07) is 6.87. The SMILES string of the molecule is CCN(CC)S(=O)(=O)c1ccc(=O)n(CC(=O)N2CCC(n3cccc3)CC2)c1. The van der Waals surface area contributed by atoms with Gasteiger partial charge in [-0.15, -0.1) is 0 Å². The lowest BCUT2D eigenvalue weighted by Crippen LogP contribution is -2.42. The summed E-state index contributed by atoms with van der Waals surface area (Å²) in [6.07, 6.45) is 7.05. The van der Waals surface area contributed by atoms with Gasteiger partial charge in [-0.3, -0.25) is 9.59 Å². The van der Waals surface area contributed by atoms with E-state index in [1.54, 1.807) is 18.7 Å². The van der Waals surface area contributed by atoms with Crippen molar-refractivity contribution in [2.75, 3.05) is 26.2 Å². The molecular weight excluding hydrogens is 392 g/mol. The minimum absolute atomic E-state index is 0.0277. The molecule has 0 spiro atoms. The molecule has 0 saturated carbocycles. The quantitative estimate of drug-likeness (QED) is 0.680. The summed E-state index contributed by atoms with van der Waals surface area (Å²) < 4.78 is 30.1. The highest BCUT2D eigenvalue weighted by atomic mass is 32.2. The first kappa shape index (κ1) is 21.3. The Balaban J connectivity index is 1.70. The van der Waals surface area contributed by atoms with Gasteiger partial charge in [-0.2, -0.15) is 4.31 Å². The van der Waals surface area contributed by atoms with E-state index in [0.29, 0.717) is 32.2 Å². The molecule has 9 heteroatoms. The van der Waals surface area contributed by atoms with Crippen LogP contribution in [0.25, 0.3) is 0 Å². The lowest BCUT2D eigenvalue weighted by molar-refractivity contribution is -0.133. The maximum absolute atomic E-state index is 12.7. The van der Waals surface area contributed by atoms with Gasteiger partial charge in [0.05, 0.1) is 4.90 Å². The van der Waals surface area contributed by atoms with Crippen molar-refractivity contribution in [3.05, 3.63) is 53.2 Å². The largest absolute Gasteiger partial charge is 0.351 e. The Bertz CT molecular complexity index is 986. The number of rotatable bonds is 7. The number of aromatic nitrogens is 2. The predicted molar refractivity (Wildman–Crippen MR) is 110 cm³/mol. The summed E-state index contributed by atoms with van der Waals surface area (Å²) in [5.41, 5.74) is -0.390. The topological polar surface area (TPSA) is 84.6 Å². The third-order valence-electron chi connectivity index (χ3n) is 5.47. The highest BCUT2D eigenvalue weighted by Crippen LogP contribution is 2.22. The Labute approximate surface area is 171 Å². The van der Waals surface area contributed by atoms with Crippen LogP contribution in [0.3, 0.4) is 0 Å². The molecule has 0 aromatic carbocycles. The van der Waals surface area contributed by atoms with E-state index in [0.717, 1.165) is 12.8 Å². The lowest BCUT2D eigenvalue weighted by Gasteiger charge is -2.33. The third-order valence-corrected chi connectivity index (χ3v) is 7.50. The number of nitrogens with zero attached hydrogens (tertiary/aromatic N) is 4. The molecule has 2 aromatic heterocycles. The van der Waals surface area contributed by atoms with Gasteiger partial charge in [-0.05, 0) is 31.0 Å². The first-order valence-corrected chi connectivity index (χ1v) is 11.4. The zero-order valence-electron chi connectivity index (χ0n) is 16.9. The summed E-state index contributed by atoms with van der Waals surface area (Å²) in [5, 5.41) is 0. The minimum Gasteiger partial charge on any atom is -0.351 e. The number of carbonyl (C=O) groups is 1. The normalized spacial score (nSPS) is 15.8. The number of sulfonamides is 1. The Kier molecular flexibility index (Phi) is 6.59. The molecule has 0 N–H and O–H groups in total. The number of amides is 1. The van der Waals surface area contributed by atoms with Gasteiger partial charge < -0.3 is 14.0 Å². The maximum Gasteiger partial charge on any atom is 0.251 e. The van der Waals surface area contributed by atoms with Crippen LogP contribution in [0.4, 0.5) is 0 Å². The average Bonchev–Trinajstić information content (AvgIpc) is 3.25. The first-order chi connectivity index (χ1) is 13.9. The van der Waals surface area contributed by atoms with Gasteiger partial charge in [0.25, 0.3) is 5.56 Å². The molecule has 0 bridgehead atoms. The van der Waals surface area contributed by atoms with Crippen molar-refractivity contribution in [2.24, 2.45) is 0 Å². The van der Waals surface area contributed by atoms with Gasteiger partial charge in [-0.25, -0.2) is 8.42 Å². The van der Waals surface area contributed by atoms with E-state index in [4.69, 9.17) is 0 Å². The average molecular weight is 421 g/mol. The maximum atomic E-state index is 12.7. The Hall–Kier alpha value is -2.39. The molecule has 1 aliphatic rings. The zero-order chi connectivity index (χ0) is 21.0. The first-order valence-electron chi connectivity index (χ1n) is 9.97. The summed E-state index contributed by atoms with van der Waals surface area (Å²) in [6.45, 7) is 5.28. The van der Waals surface area contributed by atoms with E-state index >= 15 is 0 Å². The smallest absolute Gasteiger partial charge is 0.251 e. The molecule has 1 aliphatic heterocycles. The molecule has 158 valence electrons. The second kappa shape index (κ2) is 8.96. The molecule has 3 heterocycles. The van der Waals surface area contributed by atoms with E-state index in [9.17, 15) is 18.0 Å². The number of piperidine rings is 1. The van der Waals surface area contributed by atoms with Gasteiger partial charge in [0.2, 0.25) is 15.9 Å². The molecule has 3 rings (SSSR count). The summed E-state index contributed by atoms with van der Waals surface area (Å²) >= 11 is 0. The third kappa shape index (κ3) is 4.62. The highest BCUT2D eigenvalue weighted by molar-refractivity contribution is 7.89. The minimum atomic E-state index is -3.69. The number of hydrogen-bond donors (Lipinski definition) is 0. The summed E-state index contributed by atoms with van der Waals surface area (Å²) in [4.78, 5) is 26.7. The van der Waals surface area contributed by atoms with E-state index < -0.39 is 10.0 Å². The fourth-order valence-corrected chi connectivity index (χ4v) is 5.23. The van der Waals surface area contributed by atoms with E-state index in [1.807, 2.05) is 24.5 Å². The Morgan fingerprint density at radius 1 is 1.10 bits per heavy atom. The van der Waals surface area contributed by atoms with Crippen LogP contribution in [0.2, 0.25) is 0 Å². The molecular formula is C20H28N4O4S. The van der Waals surface area contributed by atoms with Crippen LogP contribution in [0.5, 0.6) is 0 Å². The van der Waals surface area contributed by atoms with Gasteiger partial charge >= 0.3 is 0 Å². The molecule has 1 saturated heterocycles. The molecule has 2 aromatic rings. The van der Waals surface area contributed by atoms with E-state index in [2.05, 4.69) is 4.57 Å². The van der Waals surface area contributed by atoms with Crippen molar-refractivity contribution in [1.29, 1.82) is 0 Å². The summed E-state index contributed by atoms with van der Waals surface area (Å²) in [7, 11) is -3.69. The monoisotopic (exact) mass is 420 g/mol. The van der Waals surface area contributed by atoms with Crippen LogP contribution in [-0.2, 0) is 21.4 Å². The van der Waals surface area contributed by atoms with Gasteiger partial charge in [0, 0.05) is 56.9 Å². The second-order valence-corrected chi connectivity index (χ2v) is 9.10. The van der Waals surface area contributed by atoms with Crippen LogP contribution < -0.4 is 5.56 Å².